The van der Waals surface area contributed by atoms with Crippen molar-refractivity contribution < 1.29 is 4.79 Å². The van der Waals surface area contributed by atoms with Crippen LogP contribution in [0.25, 0.3) is 12.2 Å². The monoisotopic (exact) mass is 433 g/mol. The van der Waals surface area contributed by atoms with E-state index in [4.69, 9.17) is 35.4 Å². The Bertz CT molecular complexity index is 851. The van der Waals surface area contributed by atoms with Crippen molar-refractivity contribution >= 4 is 69.4 Å². The number of likely N-dealkylation sites (tertiary alicyclic amines) is 1. The number of benzene rings is 2. The largest absolute Gasteiger partial charge is 0.349 e. The highest BCUT2D eigenvalue weighted by Gasteiger charge is 2.27. The van der Waals surface area contributed by atoms with Crippen LogP contribution < -0.4 is 0 Å². The van der Waals surface area contributed by atoms with Crippen molar-refractivity contribution in [3.63, 3.8) is 0 Å². The first-order chi connectivity index (χ1) is 13.0. The topological polar surface area (TPSA) is 20.3 Å². The number of hydrogen-bond donors (Lipinski definition) is 0. The fourth-order valence-electron chi connectivity index (χ4n) is 2.82. The molecule has 0 bridgehead atoms. The van der Waals surface area contributed by atoms with Gasteiger partial charge < -0.3 is 4.90 Å². The van der Waals surface area contributed by atoms with Gasteiger partial charge in [-0.25, -0.2) is 0 Å². The van der Waals surface area contributed by atoms with Crippen LogP contribution in [0.15, 0.2) is 59.7 Å². The van der Waals surface area contributed by atoms with Gasteiger partial charge in [0, 0.05) is 34.3 Å². The predicted octanol–water partition coefficient (Wildman–Crippen LogP) is 5.99. The highest BCUT2D eigenvalue weighted by molar-refractivity contribution is 8.22. The minimum atomic E-state index is 0.0417. The quantitative estimate of drug-likeness (QED) is 0.427. The van der Waals surface area contributed by atoms with Crippen LogP contribution in [0.3, 0.4) is 0 Å². The average molecular weight is 434 g/mol. The molecular formula is C21H17Cl2NOS2. The van der Waals surface area contributed by atoms with Gasteiger partial charge in [0.05, 0.1) is 0 Å². The first kappa shape index (κ1) is 20.2. The molecule has 1 fully saturated rings. The molecule has 6 heteroatoms. The van der Waals surface area contributed by atoms with Crippen LogP contribution in [0, 0.1) is 0 Å². The third-order valence-corrected chi connectivity index (χ3v) is 6.03. The molecule has 0 unspecified atom stereocenters. The molecule has 1 aliphatic rings. The molecule has 0 saturated carbocycles. The third-order valence-electron chi connectivity index (χ3n) is 4.16. The van der Waals surface area contributed by atoms with Crippen molar-refractivity contribution in [3.8, 4) is 0 Å². The lowest BCUT2D eigenvalue weighted by Crippen LogP contribution is -2.39. The summed E-state index contributed by atoms with van der Waals surface area (Å²) in [5, 5.41) is 1.33. The molecule has 1 heterocycles. The summed E-state index contributed by atoms with van der Waals surface area (Å²) < 4.78 is 0.770. The van der Waals surface area contributed by atoms with E-state index >= 15 is 0 Å². The van der Waals surface area contributed by atoms with E-state index in [1.54, 1.807) is 0 Å². The molecule has 0 N–H and O–H groups in total. The molecule has 3 rings (SSSR count). The van der Waals surface area contributed by atoms with Crippen molar-refractivity contribution in [2.75, 3.05) is 19.3 Å². The molecule has 0 atom stereocenters. The van der Waals surface area contributed by atoms with E-state index in [1.165, 1.54) is 11.8 Å². The average Bonchev–Trinajstić information content (AvgIpc) is 2.67. The van der Waals surface area contributed by atoms with E-state index in [-0.39, 0.29) is 5.78 Å². The summed E-state index contributed by atoms with van der Waals surface area (Å²) in [6, 6.07) is 14.9. The zero-order valence-electron chi connectivity index (χ0n) is 14.6. The number of hydrogen-bond acceptors (Lipinski definition) is 3. The van der Waals surface area contributed by atoms with Gasteiger partial charge in [0.1, 0.15) is 4.32 Å². The fourth-order valence-corrected chi connectivity index (χ4v) is 3.59. The zero-order valence-corrected chi connectivity index (χ0v) is 17.8. The molecule has 1 aliphatic heterocycles. The van der Waals surface area contributed by atoms with Crippen LogP contribution in [-0.4, -0.2) is 34.3 Å². The van der Waals surface area contributed by atoms with Crippen molar-refractivity contribution in [2.45, 2.75) is 0 Å². The SMILES string of the molecule is CSC(=S)N1C/C(=C\c2ccc(Cl)cc2)C(=O)/C(=C/c2ccc(Cl)cc2)C1. The number of carbonyl (C=O) groups is 1. The standard InChI is InChI=1S/C21H17Cl2NOS2/c1-27-21(26)24-12-16(10-14-2-6-18(22)7-3-14)20(25)17(13-24)11-15-4-8-19(23)9-5-15/h2-11H,12-13H2,1H3/b16-10+,17-11+. The number of thioether (sulfide) groups is 1. The molecule has 0 amide bonds. The lowest BCUT2D eigenvalue weighted by atomic mass is 9.94. The van der Waals surface area contributed by atoms with E-state index in [0.717, 1.165) is 15.4 Å². The predicted molar refractivity (Wildman–Crippen MR) is 122 cm³/mol. The summed E-state index contributed by atoms with van der Waals surface area (Å²) in [6.07, 6.45) is 5.76. The number of nitrogens with zero attached hydrogens (tertiary/aromatic N) is 1. The molecule has 0 aliphatic carbocycles. The van der Waals surface area contributed by atoms with Crippen molar-refractivity contribution in [3.05, 3.63) is 80.8 Å². The Hall–Kier alpha value is -1.59. The van der Waals surface area contributed by atoms with Crippen LogP contribution in [0.2, 0.25) is 10.0 Å². The maximum atomic E-state index is 13.1. The van der Waals surface area contributed by atoms with Gasteiger partial charge in [-0.15, -0.1) is 11.8 Å². The van der Waals surface area contributed by atoms with Gasteiger partial charge in [-0.05, 0) is 53.8 Å². The Balaban J connectivity index is 1.97. The molecule has 0 spiro atoms. The minimum Gasteiger partial charge on any atom is -0.349 e. The third kappa shape index (κ3) is 5.23. The second-order valence-corrected chi connectivity index (χ2v) is 8.41. The minimum absolute atomic E-state index is 0.0417. The Morgan fingerprint density at radius 2 is 1.33 bits per heavy atom. The summed E-state index contributed by atoms with van der Waals surface area (Å²) in [4.78, 5) is 15.1. The number of carbonyl (C=O) groups excluding carboxylic acids is 1. The lowest BCUT2D eigenvalue weighted by molar-refractivity contribution is -0.113. The molecule has 1 saturated heterocycles. The summed E-state index contributed by atoms with van der Waals surface area (Å²) >= 11 is 18.9. The zero-order chi connectivity index (χ0) is 19.4. The van der Waals surface area contributed by atoms with Crippen LogP contribution in [0.5, 0.6) is 0 Å². The molecule has 2 nitrogen and oxygen atoms in total. The van der Waals surface area contributed by atoms with Gasteiger partial charge in [-0.1, -0.05) is 59.7 Å². The smallest absolute Gasteiger partial charge is 0.188 e. The van der Waals surface area contributed by atoms with Crippen molar-refractivity contribution in [1.29, 1.82) is 0 Å². The normalized spacial score (nSPS) is 17.6. The Labute approximate surface area is 178 Å². The number of piperidine rings is 1. The second kappa shape index (κ2) is 9.07. The van der Waals surface area contributed by atoms with E-state index in [9.17, 15) is 4.79 Å². The molecule has 2 aromatic rings. The highest BCUT2D eigenvalue weighted by Crippen LogP contribution is 2.25. The molecule has 27 heavy (non-hydrogen) atoms. The summed E-state index contributed by atoms with van der Waals surface area (Å²) in [5.74, 6) is 0.0417. The lowest BCUT2D eigenvalue weighted by Gasteiger charge is -2.31. The first-order valence-corrected chi connectivity index (χ1v) is 10.6. The van der Waals surface area contributed by atoms with Gasteiger partial charge in [0.2, 0.25) is 0 Å². The molecule has 2 aromatic carbocycles. The molecule has 138 valence electrons. The van der Waals surface area contributed by atoms with E-state index in [0.29, 0.717) is 34.3 Å². The molecule has 0 radical (unpaired) electrons. The Morgan fingerprint density at radius 3 is 1.70 bits per heavy atom. The first-order valence-electron chi connectivity index (χ1n) is 8.26. The van der Waals surface area contributed by atoms with Crippen LogP contribution in [-0.2, 0) is 4.79 Å². The van der Waals surface area contributed by atoms with Gasteiger partial charge in [0.15, 0.2) is 5.78 Å². The number of halogens is 2. The van der Waals surface area contributed by atoms with Gasteiger partial charge in [-0.3, -0.25) is 4.79 Å². The maximum Gasteiger partial charge on any atom is 0.188 e. The summed E-state index contributed by atoms with van der Waals surface area (Å²) in [6.45, 7) is 0.998. The summed E-state index contributed by atoms with van der Waals surface area (Å²) in [7, 11) is 0. The number of thiocarbonyl (C=S) groups is 1. The summed E-state index contributed by atoms with van der Waals surface area (Å²) in [5.41, 5.74) is 3.29. The van der Waals surface area contributed by atoms with E-state index < -0.39 is 0 Å². The Morgan fingerprint density at radius 1 is 0.926 bits per heavy atom. The molecule has 0 aromatic heterocycles. The Kier molecular flexibility index (Phi) is 6.77. The van der Waals surface area contributed by atoms with E-state index in [1.807, 2.05) is 71.8 Å². The molecular weight excluding hydrogens is 417 g/mol. The van der Waals surface area contributed by atoms with Crippen LogP contribution in [0.4, 0.5) is 0 Å². The van der Waals surface area contributed by atoms with Crippen LogP contribution in [0.1, 0.15) is 11.1 Å². The number of ketones is 1. The number of Topliss-reactive ketones (excluding diaryl/α,β-unsaturated/α-hetero) is 1. The van der Waals surface area contributed by atoms with Crippen molar-refractivity contribution in [1.82, 2.24) is 4.90 Å². The number of rotatable bonds is 2. The van der Waals surface area contributed by atoms with Crippen molar-refractivity contribution in [2.24, 2.45) is 0 Å². The highest BCUT2D eigenvalue weighted by atomic mass is 35.5. The van der Waals surface area contributed by atoms with E-state index in [2.05, 4.69) is 0 Å². The maximum absolute atomic E-state index is 13.1. The second-order valence-electron chi connectivity index (χ2n) is 6.10. The van der Waals surface area contributed by atoms with Gasteiger partial charge in [-0.2, -0.15) is 0 Å². The van der Waals surface area contributed by atoms with Gasteiger partial charge in [0.25, 0.3) is 0 Å². The van der Waals surface area contributed by atoms with Gasteiger partial charge >= 0.3 is 0 Å². The fraction of sp³-hybridized carbons (Fsp3) is 0.143. The van der Waals surface area contributed by atoms with Crippen LogP contribution >= 0.6 is 47.2 Å².